The highest BCUT2D eigenvalue weighted by atomic mass is 16.5. The van der Waals surface area contributed by atoms with Crippen LogP contribution in [-0.4, -0.2) is 29.0 Å². The predicted molar refractivity (Wildman–Crippen MR) is 69.9 cm³/mol. The Balaban J connectivity index is 1.97. The first-order valence-corrected chi connectivity index (χ1v) is 6.56. The third-order valence-corrected chi connectivity index (χ3v) is 2.54. The normalized spacial score (nSPS) is 11.3. The molecule has 0 spiro atoms. The molecular weight excluding hydrogens is 214 g/mol. The van der Waals surface area contributed by atoms with Crippen LogP contribution in [0.1, 0.15) is 39.2 Å². The fraction of sp³-hybridized carbons (Fsp3) is 0.769. The molecule has 1 heterocycles. The Labute approximate surface area is 104 Å². The van der Waals surface area contributed by atoms with Crippen LogP contribution in [0.2, 0.25) is 0 Å². The zero-order chi connectivity index (χ0) is 12.5. The van der Waals surface area contributed by atoms with Crippen LogP contribution in [0.5, 0.6) is 0 Å². The van der Waals surface area contributed by atoms with Gasteiger partial charge in [-0.05, 0) is 40.2 Å². The molecule has 1 N–H and O–H groups in total. The van der Waals surface area contributed by atoms with Gasteiger partial charge >= 0.3 is 0 Å². The molecule has 1 aromatic rings. The van der Waals surface area contributed by atoms with Gasteiger partial charge in [0.15, 0.2) is 0 Å². The SMILES string of the molecule is CCn1cc(CNCCCCOC(C)C)cn1. The highest BCUT2D eigenvalue weighted by molar-refractivity contribution is 5.02. The Morgan fingerprint density at radius 3 is 2.88 bits per heavy atom. The van der Waals surface area contributed by atoms with E-state index < -0.39 is 0 Å². The van der Waals surface area contributed by atoms with Crippen LogP contribution >= 0.6 is 0 Å². The van der Waals surface area contributed by atoms with Crippen LogP contribution in [-0.2, 0) is 17.8 Å². The summed E-state index contributed by atoms with van der Waals surface area (Å²) in [4.78, 5) is 0. The summed E-state index contributed by atoms with van der Waals surface area (Å²) in [5, 5.41) is 7.66. The van der Waals surface area contributed by atoms with Crippen molar-refractivity contribution in [3.05, 3.63) is 18.0 Å². The number of aryl methyl sites for hydroxylation is 1. The fourth-order valence-electron chi connectivity index (χ4n) is 1.57. The van der Waals surface area contributed by atoms with Crippen molar-refractivity contribution in [2.75, 3.05) is 13.2 Å². The van der Waals surface area contributed by atoms with Crippen molar-refractivity contribution in [3.63, 3.8) is 0 Å². The van der Waals surface area contributed by atoms with Crippen LogP contribution in [0.15, 0.2) is 12.4 Å². The van der Waals surface area contributed by atoms with Gasteiger partial charge in [0.25, 0.3) is 0 Å². The second-order valence-electron chi connectivity index (χ2n) is 4.51. The number of aromatic nitrogens is 2. The van der Waals surface area contributed by atoms with Crippen LogP contribution in [0, 0.1) is 0 Å². The standard InChI is InChI=1S/C13H25N3O/c1-4-16-11-13(10-15-16)9-14-7-5-6-8-17-12(2)3/h10-12,14H,4-9H2,1-3H3. The quantitative estimate of drug-likeness (QED) is 0.671. The molecule has 0 aromatic carbocycles. The Morgan fingerprint density at radius 1 is 1.41 bits per heavy atom. The summed E-state index contributed by atoms with van der Waals surface area (Å²) in [5.41, 5.74) is 1.25. The Morgan fingerprint density at radius 2 is 2.24 bits per heavy atom. The molecule has 0 aliphatic rings. The highest BCUT2D eigenvalue weighted by Crippen LogP contribution is 1.98. The molecule has 0 radical (unpaired) electrons. The molecule has 1 rings (SSSR count). The van der Waals surface area contributed by atoms with Gasteiger partial charge in [0, 0.05) is 31.5 Å². The van der Waals surface area contributed by atoms with E-state index in [1.165, 1.54) is 5.56 Å². The zero-order valence-corrected chi connectivity index (χ0v) is 11.3. The van der Waals surface area contributed by atoms with E-state index in [1.54, 1.807) is 0 Å². The Kier molecular flexibility index (Phi) is 6.89. The molecule has 17 heavy (non-hydrogen) atoms. The second kappa shape index (κ2) is 8.25. The van der Waals surface area contributed by atoms with E-state index in [9.17, 15) is 0 Å². The van der Waals surface area contributed by atoms with E-state index in [-0.39, 0.29) is 0 Å². The molecule has 1 aromatic heterocycles. The van der Waals surface area contributed by atoms with Gasteiger partial charge in [0.1, 0.15) is 0 Å². The van der Waals surface area contributed by atoms with Crippen LogP contribution in [0.3, 0.4) is 0 Å². The fourth-order valence-corrected chi connectivity index (χ4v) is 1.57. The van der Waals surface area contributed by atoms with E-state index in [1.807, 2.05) is 10.9 Å². The van der Waals surface area contributed by atoms with E-state index in [0.717, 1.165) is 39.1 Å². The molecule has 0 aliphatic carbocycles. The van der Waals surface area contributed by atoms with Gasteiger partial charge in [-0.2, -0.15) is 5.10 Å². The van der Waals surface area contributed by atoms with E-state index in [0.29, 0.717) is 6.10 Å². The van der Waals surface area contributed by atoms with Crippen molar-refractivity contribution < 1.29 is 4.74 Å². The summed E-state index contributed by atoms with van der Waals surface area (Å²) in [7, 11) is 0. The smallest absolute Gasteiger partial charge is 0.0534 e. The molecule has 0 bridgehead atoms. The number of unbranched alkanes of at least 4 members (excludes halogenated alkanes) is 1. The molecule has 0 saturated carbocycles. The molecule has 0 amide bonds. The topological polar surface area (TPSA) is 39.1 Å². The van der Waals surface area contributed by atoms with E-state index in [4.69, 9.17) is 4.74 Å². The minimum Gasteiger partial charge on any atom is -0.379 e. The van der Waals surface area contributed by atoms with Gasteiger partial charge in [-0.15, -0.1) is 0 Å². The van der Waals surface area contributed by atoms with Crippen molar-refractivity contribution >= 4 is 0 Å². The number of rotatable bonds is 9. The van der Waals surface area contributed by atoms with Gasteiger partial charge in [-0.3, -0.25) is 4.68 Å². The Hall–Kier alpha value is -0.870. The molecule has 0 saturated heterocycles. The van der Waals surface area contributed by atoms with Gasteiger partial charge in [0.2, 0.25) is 0 Å². The lowest BCUT2D eigenvalue weighted by atomic mass is 10.3. The lowest BCUT2D eigenvalue weighted by molar-refractivity contribution is 0.0760. The minimum atomic E-state index is 0.350. The number of nitrogens with one attached hydrogen (secondary N) is 1. The third kappa shape index (κ3) is 6.44. The first-order chi connectivity index (χ1) is 8.22. The van der Waals surface area contributed by atoms with Crippen molar-refractivity contribution in [1.29, 1.82) is 0 Å². The lowest BCUT2D eigenvalue weighted by Gasteiger charge is -2.07. The summed E-state index contributed by atoms with van der Waals surface area (Å²) >= 11 is 0. The van der Waals surface area contributed by atoms with Crippen LogP contribution in [0.25, 0.3) is 0 Å². The summed E-state index contributed by atoms with van der Waals surface area (Å²) in [5.74, 6) is 0. The molecule has 0 fully saturated rings. The largest absolute Gasteiger partial charge is 0.379 e. The number of hydrogen-bond donors (Lipinski definition) is 1. The summed E-state index contributed by atoms with van der Waals surface area (Å²) < 4.78 is 7.44. The molecular formula is C13H25N3O. The monoisotopic (exact) mass is 239 g/mol. The van der Waals surface area contributed by atoms with Crippen molar-refractivity contribution in [2.45, 2.75) is 52.8 Å². The molecule has 0 unspecified atom stereocenters. The molecule has 0 atom stereocenters. The van der Waals surface area contributed by atoms with Gasteiger partial charge < -0.3 is 10.1 Å². The van der Waals surface area contributed by atoms with Crippen LogP contribution in [0.4, 0.5) is 0 Å². The minimum absolute atomic E-state index is 0.350. The first kappa shape index (κ1) is 14.2. The number of nitrogens with zero attached hydrogens (tertiary/aromatic N) is 2. The second-order valence-corrected chi connectivity index (χ2v) is 4.51. The summed E-state index contributed by atoms with van der Waals surface area (Å²) in [6.45, 7) is 10.00. The maximum absolute atomic E-state index is 5.48. The lowest BCUT2D eigenvalue weighted by Crippen LogP contribution is -2.15. The Bertz CT molecular complexity index is 297. The average Bonchev–Trinajstić information content (AvgIpc) is 2.75. The maximum Gasteiger partial charge on any atom is 0.0534 e. The molecule has 4 nitrogen and oxygen atoms in total. The number of hydrogen-bond acceptors (Lipinski definition) is 3. The zero-order valence-electron chi connectivity index (χ0n) is 11.3. The van der Waals surface area contributed by atoms with E-state index in [2.05, 4.69) is 37.4 Å². The molecule has 4 heteroatoms. The van der Waals surface area contributed by atoms with Crippen molar-refractivity contribution in [1.82, 2.24) is 15.1 Å². The molecule has 0 aliphatic heterocycles. The van der Waals surface area contributed by atoms with Gasteiger partial charge in [0.05, 0.1) is 12.3 Å². The summed E-state index contributed by atoms with van der Waals surface area (Å²) in [6, 6.07) is 0. The average molecular weight is 239 g/mol. The molecule has 98 valence electrons. The number of ether oxygens (including phenoxy) is 1. The van der Waals surface area contributed by atoms with E-state index >= 15 is 0 Å². The highest BCUT2D eigenvalue weighted by Gasteiger charge is 1.97. The first-order valence-electron chi connectivity index (χ1n) is 6.56. The third-order valence-electron chi connectivity index (χ3n) is 2.54. The van der Waals surface area contributed by atoms with Crippen LogP contribution < -0.4 is 5.32 Å². The predicted octanol–water partition coefficient (Wildman–Crippen LogP) is 2.20. The van der Waals surface area contributed by atoms with Crippen molar-refractivity contribution in [2.24, 2.45) is 0 Å². The van der Waals surface area contributed by atoms with Crippen molar-refractivity contribution in [3.8, 4) is 0 Å². The van der Waals surface area contributed by atoms with Gasteiger partial charge in [-0.1, -0.05) is 0 Å². The van der Waals surface area contributed by atoms with Gasteiger partial charge in [-0.25, -0.2) is 0 Å². The summed E-state index contributed by atoms with van der Waals surface area (Å²) in [6.07, 6.45) is 6.66. The maximum atomic E-state index is 5.48.